The van der Waals surface area contributed by atoms with Crippen molar-refractivity contribution in [3.63, 3.8) is 0 Å². The van der Waals surface area contributed by atoms with Gasteiger partial charge in [-0.15, -0.1) is 0 Å². The quantitative estimate of drug-likeness (QED) is 0.528. The van der Waals surface area contributed by atoms with Gasteiger partial charge in [0.05, 0.1) is 17.8 Å². The van der Waals surface area contributed by atoms with E-state index < -0.39 is 0 Å². The topological polar surface area (TPSA) is 58.6 Å². The van der Waals surface area contributed by atoms with Gasteiger partial charge in [-0.05, 0) is 36.2 Å². The van der Waals surface area contributed by atoms with E-state index in [2.05, 4.69) is 34.5 Å². The predicted octanol–water partition coefficient (Wildman–Crippen LogP) is 4.58. The molecule has 1 aliphatic rings. The molecule has 0 fully saturated rings. The highest BCUT2D eigenvalue weighted by Gasteiger charge is 2.23. The van der Waals surface area contributed by atoms with Crippen molar-refractivity contribution in [1.29, 1.82) is 0 Å². The van der Waals surface area contributed by atoms with Crippen LogP contribution in [0.15, 0.2) is 88.7 Å². The summed E-state index contributed by atoms with van der Waals surface area (Å²) in [5, 5.41) is 2.79. The minimum absolute atomic E-state index is 0.199. The van der Waals surface area contributed by atoms with Gasteiger partial charge < -0.3 is 15.0 Å². The normalized spacial score (nSPS) is 11.9. The van der Waals surface area contributed by atoms with E-state index in [-0.39, 0.29) is 24.9 Å². The van der Waals surface area contributed by atoms with Gasteiger partial charge in [-0.2, -0.15) is 0 Å². The van der Waals surface area contributed by atoms with E-state index in [1.165, 1.54) is 0 Å². The van der Waals surface area contributed by atoms with Gasteiger partial charge >= 0.3 is 5.97 Å². The first-order valence-electron chi connectivity index (χ1n) is 10.3. The molecule has 0 aromatic heterocycles. The van der Waals surface area contributed by atoms with Crippen LogP contribution in [0.2, 0.25) is 0 Å². The lowest BCUT2D eigenvalue weighted by Crippen LogP contribution is -2.31. The zero-order valence-electron chi connectivity index (χ0n) is 17.1. The fourth-order valence-corrected chi connectivity index (χ4v) is 4.58. The number of ether oxygens (including phenoxy) is 1. The third-order valence-electron chi connectivity index (χ3n) is 5.01. The summed E-state index contributed by atoms with van der Waals surface area (Å²) in [6.07, 6.45) is 0.941. The SMILES string of the molecule is O=C(COC(=O)CCN1c2ccccc2Sc2ccccc21)NCCc1ccccc1. The Morgan fingerprint density at radius 2 is 1.45 bits per heavy atom. The third kappa shape index (κ3) is 5.47. The Morgan fingerprint density at radius 1 is 0.839 bits per heavy atom. The minimum Gasteiger partial charge on any atom is -0.456 e. The molecule has 0 radical (unpaired) electrons. The van der Waals surface area contributed by atoms with Crippen LogP contribution in [-0.4, -0.2) is 31.6 Å². The van der Waals surface area contributed by atoms with Crippen molar-refractivity contribution < 1.29 is 14.3 Å². The second-order valence-electron chi connectivity index (χ2n) is 7.19. The number of esters is 1. The van der Waals surface area contributed by atoms with E-state index in [1.54, 1.807) is 11.8 Å². The monoisotopic (exact) mass is 432 g/mol. The maximum Gasteiger partial charge on any atom is 0.308 e. The molecule has 6 heteroatoms. The highest BCUT2D eigenvalue weighted by atomic mass is 32.2. The zero-order chi connectivity index (χ0) is 21.5. The van der Waals surface area contributed by atoms with Gasteiger partial charge in [0.1, 0.15) is 0 Å². The molecule has 3 aromatic rings. The molecular weight excluding hydrogens is 408 g/mol. The Labute approximate surface area is 186 Å². The molecule has 1 aliphatic heterocycles. The van der Waals surface area contributed by atoms with Crippen LogP contribution >= 0.6 is 11.8 Å². The average Bonchev–Trinajstić information content (AvgIpc) is 2.81. The standard InChI is InChI=1S/C25H24N2O3S/c28-24(26-16-14-19-8-2-1-3-9-19)18-30-25(29)15-17-27-20-10-4-6-12-22(20)31-23-13-7-5-11-21(23)27/h1-13H,14-18H2,(H,26,28). The van der Waals surface area contributed by atoms with E-state index in [0.717, 1.165) is 33.2 Å². The third-order valence-corrected chi connectivity index (χ3v) is 6.14. The van der Waals surface area contributed by atoms with Crippen molar-refractivity contribution in [2.45, 2.75) is 22.6 Å². The summed E-state index contributed by atoms with van der Waals surface area (Å²) >= 11 is 1.73. The molecule has 5 nitrogen and oxygen atoms in total. The van der Waals surface area contributed by atoms with Crippen molar-refractivity contribution >= 4 is 35.0 Å². The van der Waals surface area contributed by atoms with Crippen LogP contribution in [-0.2, 0) is 20.7 Å². The Morgan fingerprint density at radius 3 is 2.13 bits per heavy atom. The highest BCUT2D eigenvalue weighted by molar-refractivity contribution is 7.99. The highest BCUT2D eigenvalue weighted by Crippen LogP contribution is 2.47. The molecular formula is C25H24N2O3S. The first-order valence-corrected chi connectivity index (χ1v) is 11.1. The number of amides is 1. The maximum atomic E-state index is 12.3. The van der Waals surface area contributed by atoms with E-state index in [0.29, 0.717) is 13.1 Å². The lowest BCUT2D eigenvalue weighted by molar-refractivity contribution is -0.148. The number of hydrogen-bond acceptors (Lipinski definition) is 5. The first kappa shape index (κ1) is 21.0. The molecule has 1 N–H and O–H groups in total. The van der Waals surface area contributed by atoms with Crippen LogP contribution in [0.3, 0.4) is 0 Å². The van der Waals surface area contributed by atoms with Gasteiger partial charge in [0.15, 0.2) is 6.61 Å². The number of para-hydroxylation sites is 2. The Bertz CT molecular complexity index is 1010. The first-order chi connectivity index (χ1) is 15.2. The van der Waals surface area contributed by atoms with Crippen LogP contribution in [0.25, 0.3) is 0 Å². The molecule has 4 rings (SSSR count). The van der Waals surface area contributed by atoms with Crippen LogP contribution in [0.5, 0.6) is 0 Å². The molecule has 0 aliphatic carbocycles. The Balaban J connectivity index is 1.26. The molecule has 31 heavy (non-hydrogen) atoms. The molecule has 0 saturated heterocycles. The molecule has 0 saturated carbocycles. The zero-order valence-corrected chi connectivity index (χ0v) is 17.9. The number of nitrogens with zero attached hydrogens (tertiary/aromatic N) is 1. The smallest absolute Gasteiger partial charge is 0.308 e. The number of nitrogens with one attached hydrogen (secondary N) is 1. The fourth-order valence-electron chi connectivity index (χ4n) is 3.49. The van der Waals surface area contributed by atoms with Crippen LogP contribution in [0.1, 0.15) is 12.0 Å². The van der Waals surface area contributed by atoms with Gasteiger partial charge in [-0.25, -0.2) is 0 Å². The fraction of sp³-hybridized carbons (Fsp3) is 0.200. The molecule has 1 amide bonds. The van der Waals surface area contributed by atoms with Crippen LogP contribution < -0.4 is 10.2 Å². The number of carbonyl (C=O) groups is 2. The van der Waals surface area contributed by atoms with Crippen molar-refractivity contribution in [1.82, 2.24) is 5.32 Å². The number of anilines is 2. The average molecular weight is 433 g/mol. The molecule has 0 spiro atoms. The summed E-state index contributed by atoms with van der Waals surface area (Å²) in [6.45, 7) is 0.749. The van der Waals surface area contributed by atoms with Crippen molar-refractivity contribution in [3.05, 3.63) is 84.4 Å². The van der Waals surface area contributed by atoms with Gasteiger partial charge in [-0.3, -0.25) is 9.59 Å². The van der Waals surface area contributed by atoms with E-state index >= 15 is 0 Å². The summed E-state index contributed by atoms with van der Waals surface area (Å²) in [5.74, 6) is -0.666. The summed E-state index contributed by atoms with van der Waals surface area (Å²) < 4.78 is 5.19. The molecule has 0 unspecified atom stereocenters. The van der Waals surface area contributed by atoms with Gasteiger partial charge in [0, 0.05) is 22.9 Å². The summed E-state index contributed by atoms with van der Waals surface area (Å²) in [4.78, 5) is 28.7. The van der Waals surface area contributed by atoms with Crippen molar-refractivity contribution in [2.75, 3.05) is 24.6 Å². The lowest BCUT2D eigenvalue weighted by atomic mass is 10.1. The molecule has 0 atom stereocenters. The number of benzene rings is 3. The van der Waals surface area contributed by atoms with Gasteiger partial charge in [0.2, 0.25) is 0 Å². The van der Waals surface area contributed by atoms with Crippen LogP contribution in [0.4, 0.5) is 11.4 Å². The number of fused-ring (bicyclic) bond motifs is 2. The second-order valence-corrected chi connectivity index (χ2v) is 8.27. The summed E-state index contributed by atoms with van der Waals surface area (Å²) in [7, 11) is 0. The largest absolute Gasteiger partial charge is 0.456 e. The van der Waals surface area contributed by atoms with E-state index in [1.807, 2.05) is 54.6 Å². The van der Waals surface area contributed by atoms with Crippen molar-refractivity contribution in [3.8, 4) is 0 Å². The lowest BCUT2D eigenvalue weighted by Gasteiger charge is -2.32. The Hall–Kier alpha value is -3.25. The van der Waals surface area contributed by atoms with Crippen LogP contribution in [0, 0.1) is 0 Å². The maximum absolute atomic E-state index is 12.3. The summed E-state index contributed by atoms with van der Waals surface area (Å²) in [6, 6.07) is 26.2. The molecule has 3 aromatic carbocycles. The van der Waals surface area contributed by atoms with Gasteiger partial charge in [-0.1, -0.05) is 66.4 Å². The second kappa shape index (κ2) is 10.2. The van der Waals surface area contributed by atoms with Gasteiger partial charge in [0.25, 0.3) is 5.91 Å². The van der Waals surface area contributed by atoms with E-state index in [9.17, 15) is 9.59 Å². The summed E-state index contributed by atoms with van der Waals surface area (Å²) in [5.41, 5.74) is 3.32. The number of rotatable bonds is 8. The number of carbonyl (C=O) groups excluding carboxylic acids is 2. The minimum atomic E-state index is -0.383. The molecule has 0 bridgehead atoms. The van der Waals surface area contributed by atoms with E-state index in [4.69, 9.17) is 4.74 Å². The van der Waals surface area contributed by atoms with Crippen molar-refractivity contribution in [2.24, 2.45) is 0 Å². The Kier molecular flexibility index (Phi) is 6.89. The molecule has 158 valence electrons. The molecule has 1 heterocycles. The number of hydrogen-bond donors (Lipinski definition) is 1. The predicted molar refractivity (Wildman–Crippen MR) is 123 cm³/mol.